The first-order valence-electron chi connectivity index (χ1n) is 7.57. The third-order valence-corrected chi connectivity index (χ3v) is 3.68. The first kappa shape index (κ1) is 15.8. The van der Waals surface area contributed by atoms with Gasteiger partial charge in [-0.15, -0.1) is 0 Å². The Hall–Kier alpha value is -1.62. The molecule has 116 valence electrons. The summed E-state index contributed by atoms with van der Waals surface area (Å²) in [5, 5.41) is 3.00. The molecule has 0 aliphatic carbocycles. The quantitative estimate of drug-likeness (QED) is 0.874. The Balaban J connectivity index is 1.67. The lowest BCUT2D eigenvalue weighted by atomic mass is 10.0. The van der Waals surface area contributed by atoms with Crippen LogP contribution < -0.4 is 10.1 Å². The minimum atomic E-state index is -0.314. The maximum Gasteiger partial charge on any atom is 0.258 e. The summed E-state index contributed by atoms with van der Waals surface area (Å²) in [6, 6.07) is 5.91. The minimum Gasteiger partial charge on any atom is -0.484 e. The molecule has 4 nitrogen and oxygen atoms in total. The highest BCUT2D eigenvalue weighted by Crippen LogP contribution is 2.12. The molecule has 1 heterocycles. The van der Waals surface area contributed by atoms with Crippen LogP contribution in [0.5, 0.6) is 5.75 Å². The van der Waals surface area contributed by atoms with Crippen molar-refractivity contribution >= 4 is 5.91 Å². The van der Waals surface area contributed by atoms with E-state index < -0.39 is 0 Å². The van der Waals surface area contributed by atoms with E-state index in [-0.39, 0.29) is 24.4 Å². The van der Waals surface area contributed by atoms with E-state index in [1.807, 2.05) is 0 Å². The Morgan fingerprint density at radius 1 is 1.33 bits per heavy atom. The lowest BCUT2D eigenvalue weighted by Gasteiger charge is -2.32. The van der Waals surface area contributed by atoms with Crippen molar-refractivity contribution in [3.8, 4) is 5.75 Å². The highest BCUT2D eigenvalue weighted by Gasteiger charge is 2.20. The van der Waals surface area contributed by atoms with E-state index in [1.165, 1.54) is 30.7 Å². The molecule has 0 radical (unpaired) electrons. The van der Waals surface area contributed by atoms with Gasteiger partial charge in [-0.25, -0.2) is 4.39 Å². The standard InChI is InChI=1S/C16H23FN2O2/c1-2-9-19-10-7-14(8-11-19)18-16(20)12-21-15-5-3-13(17)4-6-15/h3-6,14H,2,7-12H2,1H3,(H,18,20). The number of halogens is 1. The molecule has 1 aliphatic heterocycles. The number of nitrogens with zero attached hydrogens (tertiary/aromatic N) is 1. The van der Waals surface area contributed by atoms with Crippen molar-refractivity contribution in [3.05, 3.63) is 30.1 Å². The maximum absolute atomic E-state index is 12.7. The average Bonchev–Trinajstić information content (AvgIpc) is 2.49. The van der Waals surface area contributed by atoms with Crippen molar-refractivity contribution in [1.82, 2.24) is 10.2 Å². The van der Waals surface area contributed by atoms with Crippen molar-refractivity contribution in [2.24, 2.45) is 0 Å². The van der Waals surface area contributed by atoms with Crippen LogP contribution in [0.2, 0.25) is 0 Å². The predicted molar refractivity (Wildman–Crippen MR) is 79.8 cm³/mol. The van der Waals surface area contributed by atoms with Crippen LogP contribution in [0, 0.1) is 5.82 Å². The van der Waals surface area contributed by atoms with Gasteiger partial charge in [-0.05, 0) is 50.1 Å². The van der Waals surface area contributed by atoms with Crippen molar-refractivity contribution in [2.45, 2.75) is 32.2 Å². The Morgan fingerprint density at radius 2 is 2.00 bits per heavy atom. The normalized spacial score (nSPS) is 16.7. The Bertz CT molecular complexity index is 442. The van der Waals surface area contributed by atoms with Crippen LogP contribution in [0.1, 0.15) is 26.2 Å². The summed E-state index contributed by atoms with van der Waals surface area (Å²) in [5.41, 5.74) is 0. The molecular formula is C16H23FN2O2. The van der Waals surface area contributed by atoms with Gasteiger partial charge in [0.15, 0.2) is 6.61 Å². The Morgan fingerprint density at radius 3 is 2.62 bits per heavy atom. The topological polar surface area (TPSA) is 41.6 Å². The third-order valence-electron chi connectivity index (χ3n) is 3.68. The van der Waals surface area contributed by atoms with E-state index in [4.69, 9.17) is 4.74 Å². The molecule has 0 bridgehead atoms. The summed E-state index contributed by atoms with van der Waals surface area (Å²) in [5.74, 6) is 0.0724. The second-order valence-electron chi connectivity index (χ2n) is 5.43. The monoisotopic (exact) mass is 294 g/mol. The van der Waals surface area contributed by atoms with Gasteiger partial charge in [-0.2, -0.15) is 0 Å². The van der Waals surface area contributed by atoms with Crippen LogP contribution in [0.25, 0.3) is 0 Å². The van der Waals surface area contributed by atoms with E-state index in [2.05, 4.69) is 17.1 Å². The third kappa shape index (κ3) is 5.34. The van der Waals surface area contributed by atoms with Crippen LogP contribution in [0.4, 0.5) is 4.39 Å². The fraction of sp³-hybridized carbons (Fsp3) is 0.562. The van der Waals surface area contributed by atoms with E-state index in [0.29, 0.717) is 5.75 Å². The Labute approximate surface area is 125 Å². The molecule has 1 amide bonds. The number of hydrogen-bond acceptors (Lipinski definition) is 3. The van der Waals surface area contributed by atoms with Crippen LogP contribution in [0.3, 0.4) is 0 Å². The highest BCUT2D eigenvalue weighted by molar-refractivity contribution is 5.77. The molecule has 0 atom stereocenters. The number of likely N-dealkylation sites (tertiary alicyclic amines) is 1. The fourth-order valence-corrected chi connectivity index (χ4v) is 2.57. The van der Waals surface area contributed by atoms with E-state index in [0.717, 1.165) is 32.5 Å². The largest absolute Gasteiger partial charge is 0.484 e. The number of amides is 1. The number of carbonyl (C=O) groups excluding carboxylic acids is 1. The molecule has 0 unspecified atom stereocenters. The molecule has 1 aromatic carbocycles. The lowest BCUT2D eigenvalue weighted by molar-refractivity contribution is -0.124. The first-order valence-corrected chi connectivity index (χ1v) is 7.57. The summed E-state index contributed by atoms with van der Waals surface area (Å²) >= 11 is 0. The van der Waals surface area contributed by atoms with E-state index in [1.54, 1.807) is 0 Å². The van der Waals surface area contributed by atoms with Crippen molar-refractivity contribution in [1.29, 1.82) is 0 Å². The van der Waals surface area contributed by atoms with Gasteiger partial charge in [0.25, 0.3) is 5.91 Å². The lowest BCUT2D eigenvalue weighted by Crippen LogP contribution is -2.46. The van der Waals surface area contributed by atoms with Gasteiger partial charge in [0.1, 0.15) is 11.6 Å². The molecule has 1 aromatic rings. The van der Waals surface area contributed by atoms with E-state index in [9.17, 15) is 9.18 Å². The van der Waals surface area contributed by atoms with Gasteiger partial charge >= 0.3 is 0 Å². The average molecular weight is 294 g/mol. The molecule has 0 saturated carbocycles. The summed E-state index contributed by atoms with van der Waals surface area (Å²) in [4.78, 5) is 14.3. The van der Waals surface area contributed by atoms with Gasteiger partial charge in [0, 0.05) is 19.1 Å². The summed E-state index contributed by atoms with van der Waals surface area (Å²) in [6.45, 7) is 5.37. The predicted octanol–water partition coefficient (Wildman–Crippen LogP) is 2.20. The zero-order chi connectivity index (χ0) is 15.1. The molecule has 1 N–H and O–H groups in total. The zero-order valence-electron chi connectivity index (χ0n) is 12.5. The fourth-order valence-electron chi connectivity index (χ4n) is 2.57. The summed E-state index contributed by atoms with van der Waals surface area (Å²) in [6.07, 6.45) is 3.15. The second-order valence-corrected chi connectivity index (χ2v) is 5.43. The zero-order valence-corrected chi connectivity index (χ0v) is 12.5. The molecule has 1 fully saturated rings. The molecule has 0 aromatic heterocycles. The molecule has 21 heavy (non-hydrogen) atoms. The SMILES string of the molecule is CCCN1CCC(NC(=O)COc2ccc(F)cc2)CC1. The molecule has 1 saturated heterocycles. The van der Waals surface area contributed by atoms with Crippen LogP contribution in [0.15, 0.2) is 24.3 Å². The van der Waals surface area contributed by atoms with Gasteiger partial charge in [-0.3, -0.25) is 4.79 Å². The number of benzene rings is 1. The number of piperidine rings is 1. The van der Waals surface area contributed by atoms with Crippen LogP contribution in [-0.4, -0.2) is 43.1 Å². The minimum absolute atomic E-state index is 0.0270. The smallest absolute Gasteiger partial charge is 0.258 e. The molecule has 0 spiro atoms. The number of carbonyl (C=O) groups is 1. The van der Waals surface area contributed by atoms with Gasteiger partial charge in [0.05, 0.1) is 0 Å². The summed E-state index contributed by atoms with van der Waals surface area (Å²) < 4.78 is 18.1. The van der Waals surface area contributed by atoms with Gasteiger partial charge in [0.2, 0.25) is 0 Å². The highest BCUT2D eigenvalue weighted by atomic mass is 19.1. The van der Waals surface area contributed by atoms with Crippen LogP contribution in [-0.2, 0) is 4.79 Å². The second kappa shape index (κ2) is 7.98. The molecule has 2 rings (SSSR count). The molecular weight excluding hydrogens is 271 g/mol. The summed E-state index contributed by atoms with van der Waals surface area (Å²) in [7, 11) is 0. The molecule has 1 aliphatic rings. The van der Waals surface area contributed by atoms with Gasteiger partial charge < -0.3 is 15.0 Å². The van der Waals surface area contributed by atoms with Gasteiger partial charge in [-0.1, -0.05) is 6.92 Å². The van der Waals surface area contributed by atoms with Crippen molar-refractivity contribution in [2.75, 3.05) is 26.2 Å². The first-order chi connectivity index (χ1) is 10.2. The van der Waals surface area contributed by atoms with Crippen LogP contribution >= 0.6 is 0 Å². The van der Waals surface area contributed by atoms with Crippen molar-refractivity contribution in [3.63, 3.8) is 0 Å². The molecule has 5 heteroatoms. The van der Waals surface area contributed by atoms with Crippen molar-refractivity contribution < 1.29 is 13.9 Å². The Kier molecular flexibility index (Phi) is 5.99. The number of nitrogens with one attached hydrogen (secondary N) is 1. The number of rotatable bonds is 6. The number of hydrogen-bond donors (Lipinski definition) is 1. The number of ether oxygens (including phenoxy) is 1. The maximum atomic E-state index is 12.7. The van der Waals surface area contributed by atoms with E-state index >= 15 is 0 Å².